The number of aryl methyl sites for hydroxylation is 2. The molecule has 0 atom stereocenters. The maximum absolute atomic E-state index is 12.4. The second kappa shape index (κ2) is 4.87. The van der Waals surface area contributed by atoms with Crippen molar-refractivity contribution in [1.29, 1.82) is 0 Å². The molecule has 0 saturated carbocycles. The lowest BCUT2D eigenvalue weighted by Gasteiger charge is -2.20. The third-order valence-corrected chi connectivity index (χ3v) is 3.25. The van der Waals surface area contributed by atoms with Gasteiger partial charge in [-0.3, -0.25) is 4.79 Å². The molecule has 2 rings (SSSR count). The van der Waals surface area contributed by atoms with Crippen molar-refractivity contribution in [2.75, 3.05) is 33.2 Å². The van der Waals surface area contributed by atoms with E-state index in [1.807, 2.05) is 11.8 Å². The van der Waals surface area contributed by atoms with Crippen molar-refractivity contribution in [2.45, 2.75) is 20.3 Å². The number of amides is 1. The summed E-state index contributed by atoms with van der Waals surface area (Å²) in [5.74, 6) is 0.668. The first-order valence-corrected chi connectivity index (χ1v) is 6.00. The fraction of sp³-hybridized carbons (Fsp3) is 0.667. The van der Waals surface area contributed by atoms with Crippen LogP contribution < -0.4 is 0 Å². The van der Waals surface area contributed by atoms with Crippen molar-refractivity contribution in [3.8, 4) is 0 Å². The molecule has 1 aliphatic heterocycles. The minimum Gasteiger partial charge on any atom is -0.361 e. The van der Waals surface area contributed by atoms with Crippen molar-refractivity contribution in [1.82, 2.24) is 15.0 Å². The third kappa shape index (κ3) is 2.49. The first-order valence-electron chi connectivity index (χ1n) is 6.00. The Morgan fingerprint density at radius 1 is 1.24 bits per heavy atom. The molecule has 0 spiro atoms. The monoisotopic (exact) mass is 237 g/mol. The number of carbonyl (C=O) groups is 1. The van der Waals surface area contributed by atoms with Gasteiger partial charge in [-0.15, -0.1) is 0 Å². The minimum atomic E-state index is 0.0524. The number of aromatic nitrogens is 1. The Morgan fingerprint density at radius 3 is 2.65 bits per heavy atom. The van der Waals surface area contributed by atoms with Gasteiger partial charge in [0, 0.05) is 19.6 Å². The van der Waals surface area contributed by atoms with E-state index in [9.17, 15) is 4.79 Å². The largest absolute Gasteiger partial charge is 0.361 e. The zero-order valence-electron chi connectivity index (χ0n) is 10.7. The molecule has 1 saturated heterocycles. The first kappa shape index (κ1) is 12.1. The van der Waals surface area contributed by atoms with Crippen LogP contribution in [0.5, 0.6) is 0 Å². The molecular weight excluding hydrogens is 218 g/mol. The molecular formula is C12H19N3O2. The van der Waals surface area contributed by atoms with E-state index in [4.69, 9.17) is 4.52 Å². The summed E-state index contributed by atoms with van der Waals surface area (Å²) in [5.41, 5.74) is 1.32. The maximum atomic E-state index is 12.4. The van der Waals surface area contributed by atoms with E-state index in [0.717, 1.165) is 32.6 Å². The fourth-order valence-corrected chi connectivity index (χ4v) is 2.20. The van der Waals surface area contributed by atoms with Crippen molar-refractivity contribution in [3.05, 3.63) is 17.0 Å². The Hall–Kier alpha value is -1.36. The number of hydrogen-bond acceptors (Lipinski definition) is 4. The molecule has 5 nitrogen and oxygen atoms in total. The molecule has 94 valence electrons. The first-order chi connectivity index (χ1) is 8.09. The lowest BCUT2D eigenvalue weighted by Crippen LogP contribution is -2.35. The standard InChI is InChI=1S/C12H19N3O2/c1-9-11(10(2)17-13-9)12(16)15-6-4-5-14(3)7-8-15/h4-8H2,1-3H3. The molecule has 1 aromatic rings. The van der Waals surface area contributed by atoms with Crippen LogP contribution in [0.1, 0.15) is 28.2 Å². The minimum absolute atomic E-state index is 0.0524. The molecule has 2 heterocycles. The Labute approximate surface area is 101 Å². The molecule has 0 aliphatic carbocycles. The summed E-state index contributed by atoms with van der Waals surface area (Å²) in [7, 11) is 2.09. The van der Waals surface area contributed by atoms with Gasteiger partial charge < -0.3 is 14.3 Å². The second-order valence-electron chi connectivity index (χ2n) is 4.65. The Kier molecular flexibility index (Phi) is 3.47. The van der Waals surface area contributed by atoms with E-state index in [1.165, 1.54) is 0 Å². The van der Waals surface area contributed by atoms with Crippen molar-refractivity contribution >= 4 is 5.91 Å². The Balaban J connectivity index is 2.14. The molecule has 0 aromatic carbocycles. The van der Waals surface area contributed by atoms with Gasteiger partial charge in [0.1, 0.15) is 11.3 Å². The average molecular weight is 237 g/mol. The third-order valence-electron chi connectivity index (χ3n) is 3.25. The van der Waals surface area contributed by atoms with Crippen LogP contribution in [0.15, 0.2) is 4.52 Å². The van der Waals surface area contributed by atoms with E-state index < -0.39 is 0 Å². The van der Waals surface area contributed by atoms with Gasteiger partial charge >= 0.3 is 0 Å². The van der Waals surface area contributed by atoms with Crippen LogP contribution in [-0.2, 0) is 0 Å². The van der Waals surface area contributed by atoms with Crippen LogP contribution in [0.3, 0.4) is 0 Å². The van der Waals surface area contributed by atoms with Crippen LogP contribution in [0, 0.1) is 13.8 Å². The SMILES string of the molecule is Cc1noc(C)c1C(=O)N1CCCN(C)CC1. The summed E-state index contributed by atoms with van der Waals surface area (Å²) in [4.78, 5) is 16.5. The summed E-state index contributed by atoms with van der Waals surface area (Å²) in [6.45, 7) is 7.16. The smallest absolute Gasteiger partial charge is 0.259 e. The summed E-state index contributed by atoms with van der Waals surface area (Å²) in [5, 5.41) is 3.84. The van der Waals surface area contributed by atoms with Crippen LogP contribution in [0.25, 0.3) is 0 Å². The molecule has 0 bridgehead atoms. The summed E-state index contributed by atoms with van der Waals surface area (Å²) in [6, 6.07) is 0. The number of rotatable bonds is 1. The normalized spacial score (nSPS) is 18.2. The molecule has 0 N–H and O–H groups in total. The Bertz CT molecular complexity index is 394. The summed E-state index contributed by atoms with van der Waals surface area (Å²) >= 11 is 0. The van der Waals surface area contributed by atoms with Crippen LogP contribution in [-0.4, -0.2) is 54.1 Å². The van der Waals surface area contributed by atoms with Crippen molar-refractivity contribution in [2.24, 2.45) is 0 Å². The quantitative estimate of drug-likeness (QED) is 0.733. The van der Waals surface area contributed by atoms with Gasteiger partial charge in [0.15, 0.2) is 0 Å². The molecule has 5 heteroatoms. The van der Waals surface area contributed by atoms with Crippen molar-refractivity contribution in [3.63, 3.8) is 0 Å². The number of carbonyl (C=O) groups excluding carboxylic acids is 1. The van der Waals surface area contributed by atoms with Crippen LogP contribution >= 0.6 is 0 Å². The van der Waals surface area contributed by atoms with Gasteiger partial charge in [0.05, 0.1) is 5.69 Å². The topological polar surface area (TPSA) is 49.6 Å². The lowest BCUT2D eigenvalue weighted by atomic mass is 10.1. The molecule has 1 fully saturated rings. The molecule has 1 aromatic heterocycles. The maximum Gasteiger partial charge on any atom is 0.259 e. The van der Waals surface area contributed by atoms with Gasteiger partial charge in [0.25, 0.3) is 5.91 Å². The fourth-order valence-electron chi connectivity index (χ4n) is 2.20. The number of hydrogen-bond donors (Lipinski definition) is 0. The molecule has 1 aliphatic rings. The predicted molar refractivity (Wildman–Crippen MR) is 64.0 cm³/mol. The van der Waals surface area contributed by atoms with E-state index in [0.29, 0.717) is 17.0 Å². The second-order valence-corrected chi connectivity index (χ2v) is 4.65. The van der Waals surface area contributed by atoms with Gasteiger partial charge in [-0.25, -0.2) is 0 Å². The van der Waals surface area contributed by atoms with E-state index in [-0.39, 0.29) is 5.91 Å². The van der Waals surface area contributed by atoms with E-state index >= 15 is 0 Å². The molecule has 17 heavy (non-hydrogen) atoms. The lowest BCUT2D eigenvalue weighted by molar-refractivity contribution is 0.0760. The van der Waals surface area contributed by atoms with Crippen molar-refractivity contribution < 1.29 is 9.32 Å². The highest BCUT2D eigenvalue weighted by atomic mass is 16.5. The predicted octanol–water partition coefficient (Wildman–Crippen LogP) is 1.07. The molecule has 0 radical (unpaired) electrons. The van der Waals surface area contributed by atoms with E-state index in [1.54, 1.807) is 6.92 Å². The zero-order valence-corrected chi connectivity index (χ0v) is 10.7. The highest BCUT2D eigenvalue weighted by molar-refractivity contribution is 5.96. The average Bonchev–Trinajstić information content (AvgIpc) is 2.51. The summed E-state index contributed by atoms with van der Waals surface area (Å²) < 4.78 is 5.05. The van der Waals surface area contributed by atoms with Crippen LogP contribution in [0.4, 0.5) is 0 Å². The highest BCUT2D eigenvalue weighted by Crippen LogP contribution is 2.16. The zero-order chi connectivity index (χ0) is 12.4. The number of likely N-dealkylation sites (N-methyl/N-ethyl adjacent to an activating group) is 1. The molecule has 0 unspecified atom stereocenters. The van der Waals surface area contributed by atoms with Gasteiger partial charge in [-0.2, -0.15) is 0 Å². The molecule has 1 amide bonds. The number of nitrogens with zero attached hydrogens (tertiary/aromatic N) is 3. The van der Waals surface area contributed by atoms with Crippen LogP contribution in [0.2, 0.25) is 0 Å². The highest BCUT2D eigenvalue weighted by Gasteiger charge is 2.24. The van der Waals surface area contributed by atoms with Gasteiger partial charge in [0.2, 0.25) is 0 Å². The summed E-state index contributed by atoms with van der Waals surface area (Å²) in [6.07, 6.45) is 1.02. The Morgan fingerprint density at radius 2 is 2.00 bits per heavy atom. The van der Waals surface area contributed by atoms with Gasteiger partial charge in [-0.05, 0) is 33.9 Å². The van der Waals surface area contributed by atoms with Gasteiger partial charge in [-0.1, -0.05) is 5.16 Å². The van der Waals surface area contributed by atoms with E-state index in [2.05, 4.69) is 17.1 Å².